The molecule has 0 amide bonds. The van der Waals surface area contributed by atoms with E-state index in [9.17, 15) is 13.2 Å². The second-order valence-electron chi connectivity index (χ2n) is 7.29. The van der Waals surface area contributed by atoms with Crippen molar-refractivity contribution in [3.05, 3.63) is 77.1 Å². The first-order chi connectivity index (χ1) is 14.9. The molecule has 0 aliphatic carbocycles. The molecule has 0 radical (unpaired) electrons. The molecule has 0 bridgehead atoms. The lowest BCUT2D eigenvalue weighted by Crippen LogP contribution is -2.30. The van der Waals surface area contributed by atoms with Crippen molar-refractivity contribution in [3.8, 4) is 16.9 Å². The lowest BCUT2D eigenvalue weighted by Gasteiger charge is -2.20. The highest BCUT2D eigenvalue weighted by Crippen LogP contribution is 2.25. The number of benzene rings is 2. The van der Waals surface area contributed by atoms with Gasteiger partial charge in [0.1, 0.15) is 15.6 Å². The number of rotatable bonds is 7. The van der Waals surface area contributed by atoms with Crippen molar-refractivity contribution in [2.24, 2.45) is 0 Å². The van der Waals surface area contributed by atoms with Gasteiger partial charge in [-0.15, -0.1) is 0 Å². The molecule has 2 aromatic heterocycles. The highest BCUT2D eigenvalue weighted by molar-refractivity contribution is 7.90. The van der Waals surface area contributed by atoms with Gasteiger partial charge in [0.15, 0.2) is 0 Å². The van der Waals surface area contributed by atoms with Gasteiger partial charge in [0.2, 0.25) is 0 Å². The highest BCUT2D eigenvalue weighted by Gasteiger charge is 2.22. The summed E-state index contributed by atoms with van der Waals surface area (Å²) in [5.74, 6) is 0.374. The number of aromatic amines is 1. The highest BCUT2D eigenvalue weighted by atomic mass is 32.2. The molecule has 9 heteroatoms. The van der Waals surface area contributed by atoms with E-state index >= 15 is 0 Å². The minimum absolute atomic E-state index is 0.239. The SMILES string of the molecule is CCOc1cccc(C(CS(C)(=O)=O)n2cnc3ccc(-c4cn[nH]c4)cc3c2=O)c1. The van der Waals surface area contributed by atoms with Crippen LogP contribution in [0.2, 0.25) is 0 Å². The first-order valence-corrected chi connectivity index (χ1v) is 11.8. The molecule has 1 unspecified atom stereocenters. The van der Waals surface area contributed by atoms with Crippen LogP contribution >= 0.6 is 0 Å². The Labute approximate surface area is 179 Å². The Hall–Kier alpha value is -3.46. The Balaban J connectivity index is 1.88. The number of hydrogen-bond acceptors (Lipinski definition) is 6. The van der Waals surface area contributed by atoms with Crippen LogP contribution in [-0.4, -0.2) is 46.8 Å². The molecule has 0 aliphatic heterocycles. The molecule has 1 atom stereocenters. The third-order valence-corrected chi connectivity index (χ3v) is 5.89. The molecule has 0 saturated heterocycles. The van der Waals surface area contributed by atoms with Crippen LogP contribution in [0, 0.1) is 0 Å². The average Bonchev–Trinajstić information content (AvgIpc) is 3.27. The average molecular weight is 439 g/mol. The summed E-state index contributed by atoms with van der Waals surface area (Å²) in [7, 11) is -3.40. The van der Waals surface area contributed by atoms with E-state index in [1.54, 1.807) is 48.8 Å². The Kier molecular flexibility index (Phi) is 5.60. The maximum Gasteiger partial charge on any atom is 0.261 e. The number of fused-ring (bicyclic) bond motifs is 1. The normalized spacial score (nSPS) is 12.7. The predicted octanol–water partition coefficient (Wildman–Crippen LogP) is 2.82. The zero-order valence-corrected chi connectivity index (χ0v) is 18.0. The summed E-state index contributed by atoms with van der Waals surface area (Å²) in [6, 6.07) is 11.8. The summed E-state index contributed by atoms with van der Waals surface area (Å²) in [4.78, 5) is 17.8. The van der Waals surface area contributed by atoms with Gasteiger partial charge in [0.05, 0.1) is 41.8 Å². The number of hydrogen-bond donors (Lipinski definition) is 1. The van der Waals surface area contributed by atoms with Gasteiger partial charge >= 0.3 is 0 Å². The fourth-order valence-electron chi connectivity index (χ4n) is 3.55. The third-order valence-electron chi connectivity index (χ3n) is 4.96. The van der Waals surface area contributed by atoms with Gasteiger partial charge in [-0.1, -0.05) is 18.2 Å². The lowest BCUT2D eigenvalue weighted by molar-refractivity contribution is 0.339. The summed E-state index contributed by atoms with van der Waals surface area (Å²) in [6.07, 6.45) is 5.97. The van der Waals surface area contributed by atoms with Crippen LogP contribution in [0.25, 0.3) is 22.0 Å². The van der Waals surface area contributed by atoms with Crippen LogP contribution in [0.4, 0.5) is 0 Å². The molecule has 1 N–H and O–H groups in total. The predicted molar refractivity (Wildman–Crippen MR) is 119 cm³/mol. The van der Waals surface area contributed by atoms with E-state index in [0.29, 0.717) is 28.8 Å². The van der Waals surface area contributed by atoms with E-state index < -0.39 is 15.9 Å². The third kappa shape index (κ3) is 4.51. The standard InChI is InChI=1S/C22H22N4O4S/c1-3-30-18-6-4-5-16(9-18)21(13-31(2,28)29)26-14-23-20-8-7-15(10-19(20)22(26)27)17-11-24-25-12-17/h4-12,14,21H,3,13H2,1-2H3,(H,24,25). The molecule has 4 rings (SSSR count). The van der Waals surface area contributed by atoms with Gasteiger partial charge in [-0.25, -0.2) is 13.4 Å². The number of H-pyrrole nitrogens is 1. The van der Waals surface area contributed by atoms with E-state index in [-0.39, 0.29) is 11.3 Å². The minimum Gasteiger partial charge on any atom is -0.494 e. The molecule has 160 valence electrons. The van der Waals surface area contributed by atoms with Crippen molar-refractivity contribution in [2.75, 3.05) is 18.6 Å². The van der Waals surface area contributed by atoms with Crippen LogP contribution in [0.1, 0.15) is 18.5 Å². The van der Waals surface area contributed by atoms with Crippen molar-refractivity contribution in [1.29, 1.82) is 0 Å². The second kappa shape index (κ2) is 8.35. The van der Waals surface area contributed by atoms with Gasteiger partial charge in [0.25, 0.3) is 5.56 Å². The maximum atomic E-state index is 13.4. The van der Waals surface area contributed by atoms with Crippen molar-refractivity contribution >= 4 is 20.7 Å². The zero-order chi connectivity index (χ0) is 22.0. The van der Waals surface area contributed by atoms with Gasteiger partial charge in [-0.2, -0.15) is 5.10 Å². The van der Waals surface area contributed by atoms with Crippen LogP contribution in [0.15, 0.2) is 66.0 Å². The second-order valence-corrected chi connectivity index (χ2v) is 9.47. The number of nitrogens with one attached hydrogen (secondary N) is 1. The van der Waals surface area contributed by atoms with Crippen molar-refractivity contribution in [1.82, 2.24) is 19.7 Å². The van der Waals surface area contributed by atoms with Crippen LogP contribution in [0.3, 0.4) is 0 Å². The molecule has 0 aliphatic rings. The first kappa shape index (κ1) is 20.8. The number of nitrogens with zero attached hydrogens (tertiary/aromatic N) is 3. The molecule has 31 heavy (non-hydrogen) atoms. The Bertz CT molecular complexity index is 1380. The molecule has 2 heterocycles. The summed E-state index contributed by atoms with van der Waals surface area (Å²) in [6.45, 7) is 2.35. The van der Waals surface area contributed by atoms with E-state index in [4.69, 9.17) is 4.74 Å². The minimum atomic E-state index is -3.40. The largest absolute Gasteiger partial charge is 0.494 e. The first-order valence-electron chi connectivity index (χ1n) is 9.76. The summed E-state index contributed by atoms with van der Waals surface area (Å²) in [5.41, 5.74) is 2.54. The summed E-state index contributed by atoms with van der Waals surface area (Å²) in [5, 5.41) is 7.11. The molecule has 0 saturated carbocycles. The van der Waals surface area contributed by atoms with Crippen molar-refractivity contribution < 1.29 is 13.2 Å². The molecular weight excluding hydrogens is 416 g/mol. The number of sulfone groups is 1. The topological polar surface area (TPSA) is 107 Å². The van der Waals surface area contributed by atoms with E-state index in [1.807, 2.05) is 13.0 Å². The van der Waals surface area contributed by atoms with Crippen LogP contribution < -0.4 is 10.3 Å². The van der Waals surface area contributed by atoms with Gasteiger partial charge < -0.3 is 4.74 Å². The quantitative estimate of drug-likeness (QED) is 0.475. The van der Waals surface area contributed by atoms with Crippen LogP contribution in [-0.2, 0) is 9.84 Å². The van der Waals surface area contributed by atoms with E-state index in [0.717, 1.165) is 17.4 Å². The lowest BCUT2D eigenvalue weighted by atomic mass is 10.1. The van der Waals surface area contributed by atoms with E-state index in [2.05, 4.69) is 15.2 Å². The maximum absolute atomic E-state index is 13.4. The Morgan fingerprint density at radius 3 is 2.71 bits per heavy atom. The smallest absolute Gasteiger partial charge is 0.261 e. The fourth-order valence-corrected chi connectivity index (χ4v) is 4.47. The van der Waals surface area contributed by atoms with Gasteiger partial charge in [-0.3, -0.25) is 14.5 Å². The van der Waals surface area contributed by atoms with Gasteiger partial charge in [-0.05, 0) is 42.3 Å². The van der Waals surface area contributed by atoms with E-state index in [1.165, 1.54) is 10.9 Å². The van der Waals surface area contributed by atoms with Crippen molar-refractivity contribution in [3.63, 3.8) is 0 Å². The van der Waals surface area contributed by atoms with Crippen LogP contribution in [0.5, 0.6) is 5.75 Å². The molecular formula is C22H22N4O4S. The molecule has 4 aromatic rings. The molecule has 0 spiro atoms. The van der Waals surface area contributed by atoms with Gasteiger partial charge in [0, 0.05) is 18.0 Å². The molecule has 0 fully saturated rings. The monoisotopic (exact) mass is 438 g/mol. The number of aromatic nitrogens is 4. The molecule has 8 nitrogen and oxygen atoms in total. The Morgan fingerprint density at radius 2 is 2.00 bits per heavy atom. The van der Waals surface area contributed by atoms with Crippen molar-refractivity contribution in [2.45, 2.75) is 13.0 Å². The zero-order valence-electron chi connectivity index (χ0n) is 17.1. The number of ether oxygens (including phenoxy) is 1. The molecule has 2 aromatic carbocycles. The summed E-state index contributed by atoms with van der Waals surface area (Å²) < 4.78 is 31.4. The summed E-state index contributed by atoms with van der Waals surface area (Å²) >= 11 is 0. The Morgan fingerprint density at radius 1 is 1.16 bits per heavy atom. The fraction of sp³-hybridized carbons (Fsp3) is 0.227.